The molecule has 1 aromatic rings. The van der Waals surface area contributed by atoms with Crippen molar-refractivity contribution in [3.05, 3.63) is 24.5 Å². The molecule has 1 saturated heterocycles. The molecule has 0 spiro atoms. The van der Waals surface area contributed by atoms with E-state index in [2.05, 4.69) is 4.98 Å². The van der Waals surface area contributed by atoms with Gasteiger partial charge in [0.2, 0.25) is 0 Å². The van der Waals surface area contributed by atoms with E-state index in [-0.39, 0.29) is 6.10 Å². The molecule has 14 heavy (non-hydrogen) atoms. The molecular weight excluding hydrogens is 184 g/mol. The summed E-state index contributed by atoms with van der Waals surface area (Å²) in [6, 6.07) is 3.51. The van der Waals surface area contributed by atoms with Crippen LogP contribution in [-0.2, 0) is 0 Å². The Kier molecular flexibility index (Phi) is 2.22. The van der Waals surface area contributed by atoms with Gasteiger partial charge in [0.25, 0.3) is 0 Å². The van der Waals surface area contributed by atoms with E-state index in [1.54, 1.807) is 24.5 Å². The Bertz CT molecular complexity index is 322. The molecule has 0 bridgehead atoms. The summed E-state index contributed by atoms with van der Waals surface area (Å²) >= 11 is 0. The van der Waals surface area contributed by atoms with Crippen molar-refractivity contribution in [2.24, 2.45) is 0 Å². The van der Waals surface area contributed by atoms with Crippen molar-refractivity contribution in [2.75, 3.05) is 13.1 Å². The average Bonchev–Trinajstić information content (AvgIpc) is 2.12. The summed E-state index contributed by atoms with van der Waals surface area (Å²) in [7, 11) is 0. The van der Waals surface area contributed by atoms with Crippen LogP contribution in [0.3, 0.4) is 0 Å². The van der Waals surface area contributed by atoms with Gasteiger partial charge in [0.05, 0.1) is 13.1 Å². The first-order chi connectivity index (χ1) is 6.75. The van der Waals surface area contributed by atoms with E-state index >= 15 is 0 Å². The van der Waals surface area contributed by atoms with Crippen molar-refractivity contribution in [1.29, 1.82) is 0 Å². The fourth-order valence-electron chi connectivity index (χ4n) is 1.28. The molecular formula is C9H10N2O3. The maximum absolute atomic E-state index is 10.4. The van der Waals surface area contributed by atoms with Crippen molar-refractivity contribution >= 4 is 6.09 Å². The van der Waals surface area contributed by atoms with Crippen LogP contribution in [0.5, 0.6) is 5.75 Å². The van der Waals surface area contributed by atoms with E-state index in [1.807, 2.05) is 0 Å². The highest BCUT2D eigenvalue weighted by Crippen LogP contribution is 2.16. The summed E-state index contributed by atoms with van der Waals surface area (Å²) < 4.78 is 5.49. The number of carbonyl (C=O) groups is 1. The lowest BCUT2D eigenvalue weighted by Gasteiger charge is -2.36. The first-order valence-corrected chi connectivity index (χ1v) is 4.30. The Morgan fingerprint density at radius 1 is 1.50 bits per heavy atom. The third-order valence-electron chi connectivity index (χ3n) is 2.07. The molecule has 5 nitrogen and oxygen atoms in total. The molecule has 0 aliphatic carbocycles. The first-order valence-electron chi connectivity index (χ1n) is 4.30. The highest BCUT2D eigenvalue weighted by Gasteiger charge is 2.31. The van der Waals surface area contributed by atoms with Crippen LogP contribution in [0.2, 0.25) is 0 Å². The standard InChI is InChI=1S/C9H10N2O3/c12-9(13)11-5-8(6-11)14-7-1-3-10-4-2-7/h1-4,8H,5-6H2,(H,12,13). The second kappa shape index (κ2) is 3.53. The predicted octanol–water partition coefficient (Wildman–Crippen LogP) is 0.823. The second-order valence-electron chi connectivity index (χ2n) is 3.11. The topological polar surface area (TPSA) is 62.7 Å². The molecule has 0 unspecified atom stereocenters. The van der Waals surface area contributed by atoms with Crippen LogP contribution >= 0.6 is 0 Å². The number of hydrogen-bond acceptors (Lipinski definition) is 3. The van der Waals surface area contributed by atoms with E-state index in [4.69, 9.17) is 9.84 Å². The van der Waals surface area contributed by atoms with Crippen LogP contribution in [0.25, 0.3) is 0 Å². The lowest BCUT2D eigenvalue weighted by Crippen LogP contribution is -2.55. The van der Waals surface area contributed by atoms with Gasteiger partial charge >= 0.3 is 6.09 Å². The van der Waals surface area contributed by atoms with Gasteiger partial charge < -0.3 is 14.7 Å². The number of aromatic nitrogens is 1. The Morgan fingerprint density at radius 3 is 2.71 bits per heavy atom. The highest BCUT2D eigenvalue weighted by molar-refractivity contribution is 5.66. The summed E-state index contributed by atoms with van der Waals surface area (Å²) in [5, 5.41) is 8.58. The Labute approximate surface area is 80.9 Å². The van der Waals surface area contributed by atoms with Crippen LogP contribution in [0.15, 0.2) is 24.5 Å². The van der Waals surface area contributed by atoms with Crippen molar-refractivity contribution < 1.29 is 14.6 Å². The van der Waals surface area contributed by atoms with Gasteiger partial charge in [-0.25, -0.2) is 4.79 Å². The van der Waals surface area contributed by atoms with Crippen molar-refractivity contribution in [3.63, 3.8) is 0 Å². The minimum Gasteiger partial charge on any atom is -0.487 e. The van der Waals surface area contributed by atoms with E-state index in [0.717, 1.165) is 5.75 Å². The van der Waals surface area contributed by atoms with Crippen LogP contribution < -0.4 is 4.74 Å². The molecule has 1 aliphatic rings. The first kappa shape index (κ1) is 8.80. The number of carboxylic acid groups (broad SMARTS) is 1. The SMILES string of the molecule is O=C(O)N1CC(Oc2ccncc2)C1. The normalized spacial score (nSPS) is 16.1. The van der Waals surface area contributed by atoms with E-state index < -0.39 is 6.09 Å². The van der Waals surface area contributed by atoms with Gasteiger partial charge in [0, 0.05) is 12.4 Å². The molecule has 2 rings (SSSR count). The molecule has 1 fully saturated rings. The summed E-state index contributed by atoms with van der Waals surface area (Å²) in [6.07, 6.45) is 2.37. The lowest BCUT2D eigenvalue weighted by atomic mass is 10.2. The van der Waals surface area contributed by atoms with Gasteiger partial charge in [-0.1, -0.05) is 0 Å². The van der Waals surface area contributed by atoms with Gasteiger partial charge in [-0.2, -0.15) is 0 Å². The van der Waals surface area contributed by atoms with E-state index in [9.17, 15) is 4.79 Å². The molecule has 1 N–H and O–H groups in total. The number of likely N-dealkylation sites (tertiary alicyclic amines) is 1. The Hall–Kier alpha value is -1.78. The molecule has 74 valence electrons. The lowest BCUT2D eigenvalue weighted by molar-refractivity contribution is 0.0252. The highest BCUT2D eigenvalue weighted by atomic mass is 16.5. The van der Waals surface area contributed by atoms with Gasteiger partial charge in [-0.15, -0.1) is 0 Å². The number of ether oxygens (including phenoxy) is 1. The van der Waals surface area contributed by atoms with Crippen molar-refractivity contribution in [1.82, 2.24) is 9.88 Å². The zero-order chi connectivity index (χ0) is 9.97. The van der Waals surface area contributed by atoms with E-state index in [1.165, 1.54) is 4.90 Å². The Morgan fingerprint density at radius 2 is 2.14 bits per heavy atom. The molecule has 0 atom stereocenters. The summed E-state index contributed by atoms with van der Waals surface area (Å²) in [5.74, 6) is 0.732. The van der Waals surface area contributed by atoms with Gasteiger partial charge in [0.1, 0.15) is 11.9 Å². The molecule has 5 heteroatoms. The van der Waals surface area contributed by atoms with Crippen LogP contribution in [0, 0.1) is 0 Å². The fraction of sp³-hybridized carbons (Fsp3) is 0.333. The predicted molar refractivity (Wildman–Crippen MR) is 48.3 cm³/mol. The van der Waals surface area contributed by atoms with Gasteiger partial charge in [-0.3, -0.25) is 4.98 Å². The number of hydrogen-bond donors (Lipinski definition) is 1. The molecule has 1 aromatic heterocycles. The minimum absolute atomic E-state index is 0.0199. The number of nitrogens with zero attached hydrogens (tertiary/aromatic N) is 2. The minimum atomic E-state index is -0.889. The number of amides is 1. The second-order valence-corrected chi connectivity index (χ2v) is 3.11. The zero-order valence-electron chi connectivity index (χ0n) is 7.46. The monoisotopic (exact) mass is 194 g/mol. The molecule has 1 amide bonds. The fourth-order valence-corrected chi connectivity index (χ4v) is 1.28. The maximum Gasteiger partial charge on any atom is 0.407 e. The van der Waals surface area contributed by atoms with Crippen LogP contribution in [0.4, 0.5) is 4.79 Å². The average molecular weight is 194 g/mol. The molecule has 1 aliphatic heterocycles. The van der Waals surface area contributed by atoms with Crippen LogP contribution in [0.1, 0.15) is 0 Å². The summed E-state index contributed by atoms with van der Waals surface area (Å²) in [6.45, 7) is 0.884. The quantitative estimate of drug-likeness (QED) is 0.757. The zero-order valence-corrected chi connectivity index (χ0v) is 7.46. The number of rotatable bonds is 2. The molecule has 0 radical (unpaired) electrons. The summed E-state index contributed by atoms with van der Waals surface area (Å²) in [5.41, 5.74) is 0. The van der Waals surface area contributed by atoms with Crippen LogP contribution in [-0.4, -0.2) is 40.3 Å². The van der Waals surface area contributed by atoms with Gasteiger partial charge in [-0.05, 0) is 12.1 Å². The summed E-state index contributed by atoms with van der Waals surface area (Å²) in [4.78, 5) is 15.6. The van der Waals surface area contributed by atoms with Crippen molar-refractivity contribution in [3.8, 4) is 5.75 Å². The largest absolute Gasteiger partial charge is 0.487 e. The molecule has 2 heterocycles. The van der Waals surface area contributed by atoms with Gasteiger partial charge in [0.15, 0.2) is 0 Å². The molecule has 0 aromatic carbocycles. The number of pyridine rings is 1. The smallest absolute Gasteiger partial charge is 0.407 e. The molecule has 0 saturated carbocycles. The third kappa shape index (κ3) is 1.76. The maximum atomic E-state index is 10.4. The third-order valence-corrected chi connectivity index (χ3v) is 2.07. The Balaban J connectivity index is 1.82. The van der Waals surface area contributed by atoms with Crippen molar-refractivity contribution in [2.45, 2.75) is 6.10 Å². The van der Waals surface area contributed by atoms with E-state index in [0.29, 0.717) is 13.1 Å².